The zero-order valence-corrected chi connectivity index (χ0v) is 11.8. The maximum absolute atomic E-state index is 11.5. The Balaban J connectivity index is 2.31. The number of hydrogen-bond donors (Lipinski definition) is 1. The maximum Gasteiger partial charge on any atom is 0.339 e. The summed E-state index contributed by atoms with van der Waals surface area (Å²) < 4.78 is 0. The first-order valence-corrected chi connectivity index (χ1v) is 6.86. The predicted octanol–water partition coefficient (Wildman–Crippen LogP) is 2.42. The van der Waals surface area contributed by atoms with Gasteiger partial charge in [0.2, 0.25) is 0 Å². The molecule has 1 N–H and O–H groups in total. The predicted molar refractivity (Wildman–Crippen MR) is 73.7 cm³/mol. The number of aromatic carboxylic acids is 1. The number of aryl methyl sites for hydroxylation is 1. The lowest BCUT2D eigenvalue weighted by molar-refractivity contribution is 0.0696. The van der Waals surface area contributed by atoms with Gasteiger partial charge in [-0.2, -0.15) is 5.10 Å². The quantitative estimate of drug-likeness (QED) is 0.903. The zero-order chi connectivity index (χ0) is 14.0. The molecule has 0 aromatic carbocycles. The van der Waals surface area contributed by atoms with E-state index in [2.05, 4.69) is 22.0 Å². The van der Waals surface area contributed by atoms with Crippen molar-refractivity contribution in [1.82, 2.24) is 10.2 Å². The number of carboxylic acid groups (broad SMARTS) is 1. The van der Waals surface area contributed by atoms with Gasteiger partial charge in [-0.15, -0.1) is 5.10 Å². The maximum atomic E-state index is 11.5. The third-order valence-corrected chi connectivity index (χ3v) is 3.93. The lowest BCUT2D eigenvalue weighted by Crippen LogP contribution is -2.25. The van der Waals surface area contributed by atoms with Gasteiger partial charge in [0.05, 0.1) is 5.69 Å². The number of carbonyl (C=O) groups is 1. The SMILES string of the molecule is CCCC1CCN(c2nnc(C)c(C)c2C(=O)O)C1. The van der Waals surface area contributed by atoms with E-state index < -0.39 is 5.97 Å². The van der Waals surface area contributed by atoms with Gasteiger partial charge in [0, 0.05) is 13.1 Å². The van der Waals surface area contributed by atoms with Crippen molar-refractivity contribution in [2.24, 2.45) is 5.92 Å². The highest BCUT2D eigenvalue weighted by Gasteiger charge is 2.28. The van der Waals surface area contributed by atoms with E-state index in [1.165, 1.54) is 12.8 Å². The summed E-state index contributed by atoms with van der Waals surface area (Å²) in [6, 6.07) is 0. The van der Waals surface area contributed by atoms with Crippen molar-refractivity contribution in [1.29, 1.82) is 0 Å². The first-order valence-electron chi connectivity index (χ1n) is 6.86. The van der Waals surface area contributed by atoms with Gasteiger partial charge in [0.15, 0.2) is 5.82 Å². The van der Waals surface area contributed by atoms with Gasteiger partial charge in [0.1, 0.15) is 5.56 Å². The van der Waals surface area contributed by atoms with Crippen LogP contribution in [0.1, 0.15) is 47.8 Å². The fourth-order valence-electron chi connectivity index (χ4n) is 2.74. The minimum atomic E-state index is -0.913. The lowest BCUT2D eigenvalue weighted by Gasteiger charge is -2.20. The van der Waals surface area contributed by atoms with Gasteiger partial charge in [-0.05, 0) is 38.2 Å². The Morgan fingerprint density at radius 2 is 2.16 bits per heavy atom. The Kier molecular flexibility index (Phi) is 4.02. The second kappa shape index (κ2) is 5.55. The molecule has 1 atom stereocenters. The molecule has 0 bridgehead atoms. The molecule has 5 heteroatoms. The largest absolute Gasteiger partial charge is 0.478 e. The second-order valence-electron chi connectivity index (χ2n) is 5.30. The van der Waals surface area contributed by atoms with Crippen LogP contribution in [0.15, 0.2) is 0 Å². The van der Waals surface area contributed by atoms with Crippen molar-refractivity contribution in [3.63, 3.8) is 0 Å². The van der Waals surface area contributed by atoms with E-state index in [9.17, 15) is 9.90 Å². The van der Waals surface area contributed by atoms with Gasteiger partial charge < -0.3 is 10.0 Å². The van der Waals surface area contributed by atoms with Crippen molar-refractivity contribution in [2.75, 3.05) is 18.0 Å². The van der Waals surface area contributed by atoms with Crippen LogP contribution in [0.4, 0.5) is 5.82 Å². The summed E-state index contributed by atoms with van der Waals surface area (Å²) >= 11 is 0. The summed E-state index contributed by atoms with van der Waals surface area (Å²) in [5.41, 5.74) is 1.71. The summed E-state index contributed by atoms with van der Waals surface area (Å²) in [5.74, 6) is 0.272. The average molecular weight is 263 g/mol. The van der Waals surface area contributed by atoms with Crippen LogP contribution in [-0.4, -0.2) is 34.4 Å². The van der Waals surface area contributed by atoms with Crippen LogP contribution >= 0.6 is 0 Å². The molecular weight excluding hydrogens is 242 g/mol. The fraction of sp³-hybridized carbons (Fsp3) is 0.643. The highest BCUT2D eigenvalue weighted by molar-refractivity contribution is 5.95. The van der Waals surface area contributed by atoms with Gasteiger partial charge >= 0.3 is 5.97 Å². The lowest BCUT2D eigenvalue weighted by atomic mass is 10.0. The van der Waals surface area contributed by atoms with Crippen LogP contribution in [0.25, 0.3) is 0 Å². The Morgan fingerprint density at radius 3 is 2.79 bits per heavy atom. The standard InChI is InChI=1S/C14H21N3O2/c1-4-5-11-6-7-17(8-11)13-12(14(18)19)9(2)10(3)15-16-13/h11H,4-8H2,1-3H3,(H,18,19). The Bertz CT molecular complexity index is 488. The third-order valence-electron chi connectivity index (χ3n) is 3.93. The number of carboxylic acids is 1. The van der Waals surface area contributed by atoms with E-state index in [1.807, 2.05) is 0 Å². The molecule has 0 radical (unpaired) electrons. The molecule has 0 saturated carbocycles. The smallest absolute Gasteiger partial charge is 0.339 e. The Labute approximate surface area is 113 Å². The summed E-state index contributed by atoms with van der Waals surface area (Å²) in [7, 11) is 0. The van der Waals surface area contributed by atoms with Crippen LogP contribution in [-0.2, 0) is 0 Å². The van der Waals surface area contributed by atoms with Crippen LogP contribution < -0.4 is 4.90 Å². The number of hydrogen-bond acceptors (Lipinski definition) is 4. The fourth-order valence-corrected chi connectivity index (χ4v) is 2.74. The first kappa shape index (κ1) is 13.8. The van der Waals surface area contributed by atoms with Gasteiger partial charge in [-0.1, -0.05) is 13.3 Å². The van der Waals surface area contributed by atoms with E-state index in [0.717, 1.165) is 25.1 Å². The topological polar surface area (TPSA) is 66.3 Å². The highest BCUT2D eigenvalue weighted by atomic mass is 16.4. The molecule has 1 fully saturated rings. The zero-order valence-electron chi connectivity index (χ0n) is 11.8. The van der Waals surface area contributed by atoms with Crippen molar-refractivity contribution < 1.29 is 9.90 Å². The molecule has 1 aliphatic rings. The van der Waals surface area contributed by atoms with Crippen LogP contribution in [0.5, 0.6) is 0 Å². The average Bonchev–Trinajstić information content (AvgIpc) is 2.81. The van der Waals surface area contributed by atoms with E-state index in [0.29, 0.717) is 23.0 Å². The molecule has 19 heavy (non-hydrogen) atoms. The van der Waals surface area contributed by atoms with E-state index in [-0.39, 0.29) is 0 Å². The molecule has 1 aliphatic heterocycles. The van der Waals surface area contributed by atoms with Gasteiger partial charge in [-0.25, -0.2) is 4.79 Å². The molecule has 1 aromatic heterocycles. The molecule has 104 valence electrons. The van der Waals surface area contributed by atoms with Crippen molar-refractivity contribution in [3.8, 4) is 0 Å². The summed E-state index contributed by atoms with van der Waals surface area (Å²) in [5, 5.41) is 17.6. The summed E-state index contributed by atoms with van der Waals surface area (Å²) in [6.07, 6.45) is 3.47. The molecule has 2 rings (SSSR count). The molecule has 1 saturated heterocycles. The highest BCUT2D eigenvalue weighted by Crippen LogP contribution is 2.29. The number of rotatable bonds is 4. The number of aromatic nitrogens is 2. The molecule has 0 spiro atoms. The normalized spacial score (nSPS) is 18.9. The minimum absolute atomic E-state index is 0.310. The van der Waals surface area contributed by atoms with Crippen molar-refractivity contribution in [2.45, 2.75) is 40.0 Å². The molecule has 0 amide bonds. The molecule has 1 unspecified atom stereocenters. The molecule has 0 aliphatic carbocycles. The Morgan fingerprint density at radius 1 is 1.42 bits per heavy atom. The summed E-state index contributed by atoms with van der Waals surface area (Å²) in [6.45, 7) is 7.55. The molecule has 2 heterocycles. The second-order valence-corrected chi connectivity index (χ2v) is 5.30. The Hall–Kier alpha value is -1.65. The van der Waals surface area contributed by atoms with Crippen LogP contribution in [0.3, 0.4) is 0 Å². The van der Waals surface area contributed by atoms with Crippen molar-refractivity contribution >= 4 is 11.8 Å². The summed E-state index contributed by atoms with van der Waals surface area (Å²) in [4.78, 5) is 13.5. The first-order chi connectivity index (χ1) is 9.04. The van der Waals surface area contributed by atoms with E-state index >= 15 is 0 Å². The van der Waals surface area contributed by atoms with Crippen LogP contribution in [0.2, 0.25) is 0 Å². The monoisotopic (exact) mass is 263 g/mol. The van der Waals surface area contributed by atoms with Crippen LogP contribution in [0, 0.1) is 19.8 Å². The van der Waals surface area contributed by atoms with E-state index in [4.69, 9.17) is 0 Å². The number of nitrogens with zero attached hydrogens (tertiary/aromatic N) is 3. The van der Waals surface area contributed by atoms with Crippen molar-refractivity contribution in [3.05, 3.63) is 16.8 Å². The van der Waals surface area contributed by atoms with Gasteiger partial charge in [-0.3, -0.25) is 0 Å². The molecule has 5 nitrogen and oxygen atoms in total. The third kappa shape index (κ3) is 2.69. The minimum Gasteiger partial charge on any atom is -0.478 e. The number of anilines is 1. The van der Waals surface area contributed by atoms with Gasteiger partial charge in [0.25, 0.3) is 0 Å². The molecular formula is C14H21N3O2. The molecule has 1 aromatic rings. The van der Waals surface area contributed by atoms with E-state index in [1.54, 1.807) is 13.8 Å².